The second-order valence-electron chi connectivity index (χ2n) is 24.9. The molecular formula is C74H141NO5. The van der Waals surface area contributed by atoms with Crippen LogP contribution in [0.2, 0.25) is 0 Å². The van der Waals surface area contributed by atoms with Crippen molar-refractivity contribution >= 4 is 11.9 Å². The molecule has 3 N–H and O–H groups in total. The van der Waals surface area contributed by atoms with Crippen LogP contribution in [0.15, 0.2) is 36.5 Å². The van der Waals surface area contributed by atoms with E-state index in [4.69, 9.17) is 4.74 Å². The molecule has 6 nitrogen and oxygen atoms in total. The van der Waals surface area contributed by atoms with Crippen molar-refractivity contribution in [1.29, 1.82) is 0 Å². The third kappa shape index (κ3) is 65.2. The molecule has 0 aromatic carbocycles. The highest BCUT2D eigenvalue weighted by atomic mass is 16.5. The number of carbonyl (C=O) groups excluding carboxylic acids is 2. The molecule has 6 heteroatoms. The van der Waals surface area contributed by atoms with Crippen LogP contribution in [0.4, 0.5) is 0 Å². The van der Waals surface area contributed by atoms with Crippen LogP contribution in [-0.4, -0.2) is 47.4 Å². The Bertz CT molecular complexity index is 1300. The number of amides is 1. The third-order valence-electron chi connectivity index (χ3n) is 16.9. The Morgan fingerprint density at radius 3 is 0.988 bits per heavy atom. The molecule has 0 radical (unpaired) electrons. The molecule has 0 aliphatic rings. The lowest BCUT2D eigenvalue weighted by atomic mass is 10.0. The molecule has 0 aliphatic heterocycles. The van der Waals surface area contributed by atoms with Gasteiger partial charge in [0.15, 0.2) is 0 Å². The van der Waals surface area contributed by atoms with Gasteiger partial charge in [0.05, 0.1) is 25.4 Å². The molecule has 0 aromatic heterocycles. The van der Waals surface area contributed by atoms with Crippen LogP contribution in [-0.2, 0) is 14.3 Å². The maximum absolute atomic E-state index is 12.6. The number of rotatable bonds is 68. The van der Waals surface area contributed by atoms with Crippen molar-refractivity contribution in [1.82, 2.24) is 5.32 Å². The number of carbonyl (C=O) groups is 2. The number of aliphatic hydroxyl groups excluding tert-OH is 2. The van der Waals surface area contributed by atoms with Crippen LogP contribution in [0.5, 0.6) is 0 Å². The van der Waals surface area contributed by atoms with Gasteiger partial charge in [-0.05, 0) is 83.5 Å². The molecule has 0 fully saturated rings. The Balaban J connectivity index is 3.42. The van der Waals surface area contributed by atoms with E-state index in [-0.39, 0.29) is 18.5 Å². The Labute approximate surface area is 500 Å². The molecule has 2 atom stereocenters. The molecule has 2 unspecified atom stereocenters. The van der Waals surface area contributed by atoms with Crippen LogP contribution in [0.1, 0.15) is 399 Å². The fourth-order valence-electron chi connectivity index (χ4n) is 11.4. The van der Waals surface area contributed by atoms with Crippen molar-refractivity contribution < 1.29 is 24.5 Å². The van der Waals surface area contributed by atoms with Crippen LogP contribution in [0, 0.1) is 0 Å². The standard InChI is InChI=1S/C74H141NO5/c1-3-5-7-9-11-13-15-17-19-21-23-24-25-26-27-31-34-38-42-46-50-54-58-62-66-72(77)71(70-76)75-73(78)67-63-59-55-51-47-43-39-35-32-28-29-33-37-41-45-49-53-57-61-65-69-80-74(79)68-64-60-56-52-48-44-40-36-30-22-20-18-16-14-12-10-8-6-4-2/h12,14,18,20,28,32,71-72,76-77H,3-11,13,15-17,19,21-27,29-31,33-70H2,1-2H3,(H,75,78)/b14-12-,20-18-,32-28-. The number of ether oxygens (including phenoxy) is 1. The largest absolute Gasteiger partial charge is 0.466 e. The summed E-state index contributed by atoms with van der Waals surface area (Å²) in [6.07, 6.45) is 89.0. The van der Waals surface area contributed by atoms with Crippen molar-refractivity contribution in [3.63, 3.8) is 0 Å². The lowest BCUT2D eigenvalue weighted by molar-refractivity contribution is -0.143. The Morgan fingerprint density at radius 2 is 0.625 bits per heavy atom. The van der Waals surface area contributed by atoms with E-state index in [1.54, 1.807) is 0 Å². The number of nitrogens with one attached hydrogen (secondary N) is 1. The molecule has 0 saturated heterocycles. The third-order valence-corrected chi connectivity index (χ3v) is 16.9. The summed E-state index contributed by atoms with van der Waals surface area (Å²) in [5, 5.41) is 23.4. The van der Waals surface area contributed by atoms with E-state index in [0.29, 0.717) is 25.9 Å². The first kappa shape index (κ1) is 78.1. The van der Waals surface area contributed by atoms with Gasteiger partial charge in [0.1, 0.15) is 0 Å². The minimum atomic E-state index is -0.672. The van der Waals surface area contributed by atoms with Crippen LogP contribution in [0.25, 0.3) is 0 Å². The summed E-state index contributed by atoms with van der Waals surface area (Å²) in [5.74, 6) is -0.0360. The monoisotopic (exact) mass is 1120 g/mol. The quantitative estimate of drug-likeness (QED) is 0.0320. The SMILES string of the molecule is CCCCC/C=C\C/C=C\CCCCCCCCCCCC(=O)OCCCCCCCCCCC/C=C\CCCCCCCCCC(=O)NC(CO)C(O)CCCCCCCCCCCCCCCCCCCCCCCCCC. The van der Waals surface area contributed by atoms with E-state index >= 15 is 0 Å². The molecule has 80 heavy (non-hydrogen) atoms. The van der Waals surface area contributed by atoms with Crippen molar-refractivity contribution in [3.8, 4) is 0 Å². The van der Waals surface area contributed by atoms with Gasteiger partial charge in [0.25, 0.3) is 0 Å². The lowest BCUT2D eigenvalue weighted by Gasteiger charge is -2.22. The molecule has 0 spiro atoms. The molecular weight excluding hydrogens is 983 g/mol. The van der Waals surface area contributed by atoms with E-state index in [1.165, 1.54) is 315 Å². The maximum Gasteiger partial charge on any atom is 0.305 e. The van der Waals surface area contributed by atoms with Crippen LogP contribution >= 0.6 is 0 Å². The average Bonchev–Trinajstić information content (AvgIpc) is 3.46. The first-order valence-electron chi connectivity index (χ1n) is 36.2. The smallest absolute Gasteiger partial charge is 0.305 e. The maximum atomic E-state index is 12.6. The van der Waals surface area contributed by atoms with E-state index in [1.807, 2.05) is 0 Å². The Hall–Kier alpha value is -1.92. The van der Waals surface area contributed by atoms with Gasteiger partial charge in [-0.1, -0.05) is 339 Å². The number of hydrogen-bond acceptors (Lipinski definition) is 5. The second-order valence-corrected chi connectivity index (χ2v) is 24.9. The summed E-state index contributed by atoms with van der Waals surface area (Å²) in [6.45, 7) is 4.95. The van der Waals surface area contributed by atoms with Crippen molar-refractivity contribution in [2.24, 2.45) is 0 Å². The summed E-state index contributed by atoms with van der Waals surface area (Å²) >= 11 is 0. The van der Waals surface area contributed by atoms with Crippen molar-refractivity contribution in [2.75, 3.05) is 13.2 Å². The number of allylic oxidation sites excluding steroid dienone is 6. The summed E-state index contributed by atoms with van der Waals surface area (Å²) in [5.41, 5.74) is 0. The molecule has 0 rings (SSSR count). The van der Waals surface area contributed by atoms with Gasteiger partial charge in [-0.3, -0.25) is 9.59 Å². The zero-order chi connectivity index (χ0) is 57.8. The van der Waals surface area contributed by atoms with E-state index in [0.717, 1.165) is 51.4 Å². The first-order valence-corrected chi connectivity index (χ1v) is 36.2. The normalized spacial score (nSPS) is 12.7. The van der Waals surface area contributed by atoms with Gasteiger partial charge in [-0.25, -0.2) is 0 Å². The summed E-state index contributed by atoms with van der Waals surface area (Å²) in [6, 6.07) is -0.550. The molecule has 0 heterocycles. The fourth-order valence-corrected chi connectivity index (χ4v) is 11.4. The fraction of sp³-hybridized carbons (Fsp3) is 0.892. The highest BCUT2D eigenvalue weighted by Crippen LogP contribution is 2.19. The number of hydrogen-bond donors (Lipinski definition) is 3. The Kier molecular flexibility index (Phi) is 67.9. The second kappa shape index (κ2) is 69.6. The predicted octanol–water partition coefficient (Wildman–Crippen LogP) is 23.5. The van der Waals surface area contributed by atoms with Crippen LogP contribution < -0.4 is 5.32 Å². The molecule has 0 aromatic rings. The molecule has 472 valence electrons. The van der Waals surface area contributed by atoms with Gasteiger partial charge >= 0.3 is 5.97 Å². The molecule has 0 saturated carbocycles. The highest BCUT2D eigenvalue weighted by Gasteiger charge is 2.20. The first-order chi connectivity index (χ1) is 39.5. The summed E-state index contributed by atoms with van der Waals surface area (Å²) < 4.78 is 5.50. The lowest BCUT2D eigenvalue weighted by Crippen LogP contribution is -2.45. The van der Waals surface area contributed by atoms with Gasteiger partial charge in [-0.15, -0.1) is 0 Å². The Morgan fingerprint density at radius 1 is 0.350 bits per heavy atom. The van der Waals surface area contributed by atoms with Crippen molar-refractivity contribution in [2.45, 2.75) is 411 Å². The molecule has 0 aliphatic carbocycles. The number of unbranched alkanes of at least 4 members (excludes halogenated alkanes) is 51. The van der Waals surface area contributed by atoms with E-state index < -0.39 is 12.1 Å². The highest BCUT2D eigenvalue weighted by molar-refractivity contribution is 5.76. The minimum Gasteiger partial charge on any atom is -0.466 e. The van der Waals surface area contributed by atoms with Gasteiger partial charge in [-0.2, -0.15) is 0 Å². The predicted molar refractivity (Wildman–Crippen MR) is 352 cm³/mol. The van der Waals surface area contributed by atoms with Gasteiger partial charge in [0, 0.05) is 12.8 Å². The van der Waals surface area contributed by atoms with E-state index in [9.17, 15) is 19.8 Å². The number of aliphatic hydroxyl groups is 2. The minimum absolute atomic E-state index is 0.00339. The number of esters is 1. The summed E-state index contributed by atoms with van der Waals surface area (Å²) in [4.78, 5) is 24.7. The topological polar surface area (TPSA) is 95.9 Å². The van der Waals surface area contributed by atoms with Gasteiger partial charge < -0.3 is 20.3 Å². The van der Waals surface area contributed by atoms with Crippen molar-refractivity contribution in [3.05, 3.63) is 36.5 Å². The van der Waals surface area contributed by atoms with Gasteiger partial charge in [0.2, 0.25) is 5.91 Å². The molecule has 0 bridgehead atoms. The van der Waals surface area contributed by atoms with E-state index in [2.05, 4.69) is 55.6 Å². The average molecular weight is 1120 g/mol. The molecule has 1 amide bonds. The summed E-state index contributed by atoms with van der Waals surface area (Å²) in [7, 11) is 0. The zero-order valence-corrected chi connectivity index (χ0v) is 54.1. The zero-order valence-electron chi connectivity index (χ0n) is 54.1. The van der Waals surface area contributed by atoms with Crippen LogP contribution in [0.3, 0.4) is 0 Å².